The zero-order chi connectivity index (χ0) is 15.1. The van der Waals surface area contributed by atoms with E-state index >= 15 is 0 Å². The molecule has 2 aromatic heterocycles. The van der Waals surface area contributed by atoms with E-state index in [0.29, 0.717) is 22.6 Å². The average Bonchev–Trinajstić information content (AvgIpc) is 3.03. The molecule has 0 amide bonds. The minimum Gasteiger partial charge on any atom is -0.267 e. The molecule has 108 valence electrons. The molecule has 0 N–H and O–H groups in total. The summed E-state index contributed by atoms with van der Waals surface area (Å²) in [5.74, 6) is 0. The molecule has 0 bridgehead atoms. The van der Waals surface area contributed by atoms with Crippen molar-refractivity contribution in [2.24, 2.45) is 0 Å². The van der Waals surface area contributed by atoms with Crippen LogP contribution in [0.4, 0.5) is 0 Å². The van der Waals surface area contributed by atoms with Crippen LogP contribution in [0.15, 0.2) is 59.7 Å². The first kappa shape index (κ1) is 13.0. The highest BCUT2D eigenvalue weighted by Crippen LogP contribution is 2.18. The second-order valence-corrected chi connectivity index (χ2v) is 5.41. The van der Waals surface area contributed by atoms with Gasteiger partial charge in [-0.1, -0.05) is 48.0 Å². The van der Waals surface area contributed by atoms with Gasteiger partial charge >= 0.3 is 0 Å². The van der Waals surface area contributed by atoms with E-state index in [1.54, 1.807) is 21.6 Å². The van der Waals surface area contributed by atoms with Crippen molar-refractivity contribution >= 4 is 28.0 Å². The summed E-state index contributed by atoms with van der Waals surface area (Å²) in [5.41, 5.74) is 1.43. The molecule has 0 saturated carbocycles. The Hall–Kier alpha value is -2.66. The fourth-order valence-electron chi connectivity index (χ4n) is 2.62. The third kappa shape index (κ3) is 1.90. The predicted octanol–water partition coefficient (Wildman–Crippen LogP) is 2.75. The van der Waals surface area contributed by atoms with Crippen molar-refractivity contribution in [3.63, 3.8) is 0 Å². The Morgan fingerprint density at radius 3 is 2.55 bits per heavy atom. The van der Waals surface area contributed by atoms with Gasteiger partial charge in [0.15, 0.2) is 5.65 Å². The van der Waals surface area contributed by atoms with Crippen molar-refractivity contribution in [2.75, 3.05) is 0 Å². The van der Waals surface area contributed by atoms with Crippen LogP contribution in [0, 0.1) is 0 Å². The molecule has 0 aliphatic carbocycles. The van der Waals surface area contributed by atoms with Gasteiger partial charge in [0.1, 0.15) is 6.33 Å². The normalized spacial score (nSPS) is 11.3. The summed E-state index contributed by atoms with van der Waals surface area (Å²) in [6, 6.07) is 14.9. The number of nitrogens with zero attached hydrogens (tertiary/aromatic N) is 4. The zero-order valence-electron chi connectivity index (χ0n) is 11.5. The topological polar surface area (TPSA) is 52.2 Å². The van der Waals surface area contributed by atoms with Gasteiger partial charge in [0, 0.05) is 10.4 Å². The van der Waals surface area contributed by atoms with Crippen LogP contribution in [-0.4, -0.2) is 19.4 Å². The summed E-state index contributed by atoms with van der Waals surface area (Å²) in [6.07, 6.45) is 1.54. The molecule has 4 rings (SSSR count). The molecule has 22 heavy (non-hydrogen) atoms. The molecule has 0 radical (unpaired) electrons. The predicted molar refractivity (Wildman–Crippen MR) is 85.3 cm³/mol. The maximum atomic E-state index is 12.8. The lowest BCUT2D eigenvalue weighted by Gasteiger charge is -2.11. The third-order valence-corrected chi connectivity index (χ3v) is 4.07. The molecule has 5 nitrogen and oxygen atoms in total. The molecule has 4 aromatic rings. The molecule has 0 saturated heterocycles. The molecule has 0 spiro atoms. The fourth-order valence-corrected chi connectivity index (χ4v) is 2.82. The Balaban J connectivity index is 2.04. The van der Waals surface area contributed by atoms with Crippen LogP contribution < -0.4 is 5.56 Å². The quantitative estimate of drug-likeness (QED) is 0.572. The number of aromatic nitrogens is 4. The van der Waals surface area contributed by atoms with E-state index in [1.807, 2.05) is 42.5 Å². The van der Waals surface area contributed by atoms with Gasteiger partial charge in [0.2, 0.25) is 0 Å². The molecule has 0 aliphatic rings. The second kappa shape index (κ2) is 4.96. The summed E-state index contributed by atoms with van der Waals surface area (Å²) in [6.45, 7) is 0.359. The first-order valence-corrected chi connectivity index (χ1v) is 7.18. The number of rotatable bonds is 2. The lowest BCUT2D eigenvalue weighted by molar-refractivity contribution is 0.605. The van der Waals surface area contributed by atoms with E-state index in [0.717, 1.165) is 10.9 Å². The molecule has 2 aromatic carbocycles. The Kier molecular flexibility index (Phi) is 2.94. The number of fused-ring (bicyclic) bond motifs is 3. The van der Waals surface area contributed by atoms with Gasteiger partial charge in [-0.15, -0.1) is 10.2 Å². The monoisotopic (exact) mass is 310 g/mol. The first-order valence-electron chi connectivity index (χ1n) is 6.80. The lowest BCUT2D eigenvalue weighted by atomic mass is 10.2. The Morgan fingerprint density at radius 1 is 1.00 bits per heavy atom. The molecular formula is C16H11ClN4O. The lowest BCUT2D eigenvalue weighted by Crippen LogP contribution is -2.26. The Labute approximate surface area is 130 Å². The van der Waals surface area contributed by atoms with Crippen LogP contribution >= 0.6 is 11.6 Å². The molecule has 0 fully saturated rings. The van der Waals surface area contributed by atoms with E-state index in [1.165, 1.54) is 0 Å². The smallest absolute Gasteiger partial charge is 0.267 e. The van der Waals surface area contributed by atoms with E-state index in [4.69, 9.17) is 11.6 Å². The van der Waals surface area contributed by atoms with Crippen LogP contribution in [0.3, 0.4) is 0 Å². The van der Waals surface area contributed by atoms with E-state index < -0.39 is 0 Å². The minimum atomic E-state index is -0.0946. The van der Waals surface area contributed by atoms with Crippen molar-refractivity contribution < 1.29 is 0 Å². The van der Waals surface area contributed by atoms with Gasteiger partial charge in [0.25, 0.3) is 5.56 Å². The largest absolute Gasteiger partial charge is 0.273 e. The van der Waals surface area contributed by atoms with Gasteiger partial charge in [-0.3, -0.25) is 4.79 Å². The summed E-state index contributed by atoms with van der Waals surface area (Å²) in [4.78, 5) is 12.8. The SMILES string of the molecule is O=c1c2ccccc2c2nncn2n1Cc1ccccc1Cl. The summed E-state index contributed by atoms with van der Waals surface area (Å²) in [7, 11) is 0. The van der Waals surface area contributed by atoms with Crippen LogP contribution in [0.5, 0.6) is 0 Å². The Bertz CT molecular complexity index is 1050. The third-order valence-electron chi connectivity index (χ3n) is 3.70. The highest BCUT2D eigenvalue weighted by molar-refractivity contribution is 6.31. The van der Waals surface area contributed by atoms with Gasteiger partial charge in [0.05, 0.1) is 11.9 Å². The van der Waals surface area contributed by atoms with Gasteiger partial charge in [-0.05, 0) is 17.7 Å². The number of hydrogen-bond acceptors (Lipinski definition) is 3. The van der Waals surface area contributed by atoms with Crippen molar-refractivity contribution in [2.45, 2.75) is 6.54 Å². The second-order valence-electron chi connectivity index (χ2n) is 5.00. The van der Waals surface area contributed by atoms with Crippen LogP contribution in [0.2, 0.25) is 5.02 Å². The van der Waals surface area contributed by atoms with Crippen LogP contribution in [-0.2, 0) is 6.54 Å². The molecule has 2 heterocycles. The number of benzene rings is 2. The van der Waals surface area contributed by atoms with E-state index in [9.17, 15) is 4.79 Å². The number of halogens is 1. The first-order chi connectivity index (χ1) is 10.8. The van der Waals surface area contributed by atoms with E-state index in [2.05, 4.69) is 10.2 Å². The molecule has 0 atom stereocenters. The van der Waals surface area contributed by atoms with Gasteiger partial charge < -0.3 is 0 Å². The standard InChI is InChI=1S/C16H11ClN4O/c17-14-8-4-1-5-11(14)9-20-16(22)13-7-3-2-6-12(13)15-19-18-10-21(15)20/h1-8,10H,9H2. The number of hydrogen-bond donors (Lipinski definition) is 0. The summed E-state index contributed by atoms with van der Waals surface area (Å²) < 4.78 is 3.27. The van der Waals surface area contributed by atoms with Gasteiger partial charge in [-0.25, -0.2) is 9.20 Å². The summed E-state index contributed by atoms with van der Waals surface area (Å²) >= 11 is 6.21. The maximum absolute atomic E-state index is 12.8. The molecule has 0 aliphatic heterocycles. The highest BCUT2D eigenvalue weighted by Gasteiger charge is 2.12. The Morgan fingerprint density at radius 2 is 1.73 bits per heavy atom. The molecule has 0 unspecified atom stereocenters. The van der Waals surface area contributed by atoms with Crippen LogP contribution in [0.1, 0.15) is 5.56 Å². The minimum absolute atomic E-state index is 0.0946. The van der Waals surface area contributed by atoms with Crippen molar-refractivity contribution in [3.8, 4) is 0 Å². The van der Waals surface area contributed by atoms with Crippen molar-refractivity contribution in [3.05, 3.63) is 75.8 Å². The molecule has 6 heteroatoms. The van der Waals surface area contributed by atoms with Gasteiger partial charge in [-0.2, -0.15) is 0 Å². The van der Waals surface area contributed by atoms with Crippen molar-refractivity contribution in [1.29, 1.82) is 0 Å². The summed E-state index contributed by atoms with van der Waals surface area (Å²) in [5, 5.41) is 10.1. The molecular weight excluding hydrogens is 300 g/mol. The zero-order valence-corrected chi connectivity index (χ0v) is 12.2. The van der Waals surface area contributed by atoms with E-state index in [-0.39, 0.29) is 5.56 Å². The maximum Gasteiger partial charge on any atom is 0.273 e. The highest BCUT2D eigenvalue weighted by atomic mass is 35.5. The van der Waals surface area contributed by atoms with Crippen molar-refractivity contribution in [1.82, 2.24) is 19.4 Å². The van der Waals surface area contributed by atoms with Crippen LogP contribution in [0.25, 0.3) is 16.4 Å². The average molecular weight is 311 g/mol. The fraction of sp³-hybridized carbons (Fsp3) is 0.0625.